The molecule has 0 spiro atoms. The lowest BCUT2D eigenvalue weighted by Crippen LogP contribution is -2.46. The van der Waals surface area contributed by atoms with Gasteiger partial charge in [-0.3, -0.25) is 9.59 Å². The first-order valence-electron chi connectivity index (χ1n) is 25.6. The molecule has 1 amide bonds. The van der Waals surface area contributed by atoms with Gasteiger partial charge in [0.2, 0.25) is 5.91 Å². The number of hydrogen-bond acceptors (Lipinski definition) is 5. The molecule has 6 heteroatoms. The van der Waals surface area contributed by atoms with Crippen LogP contribution in [0.25, 0.3) is 0 Å². The first-order chi connectivity index (χ1) is 31.0. The van der Waals surface area contributed by atoms with E-state index in [1.54, 1.807) is 0 Å². The van der Waals surface area contributed by atoms with Crippen LogP contribution in [0.5, 0.6) is 0 Å². The second-order valence-corrected chi connectivity index (χ2v) is 16.8. The zero-order valence-electron chi connectivity index (χ0n) is 40.7. The van der Waals surface area contributed by atoms with Crippen molar-refractivity contribution >= 4 is 11.9 Å². The molecular weight excluding hydrogens is 779 g/mol. The quantitative estimate of drug-likeness (QED) is 0.0322. The van der Waals surface area contributed by atoms with Gasteiger partial charge in [-0.2, -0.15) is 0 Å². The molecule has 0 fully saturated rings. The Morgan fingerprint density at radius 2 is 0.873 bits per heavy atom. The molecule has 0 aliphatic heterocycles. The smallest absolute Gasteiger partial charge is 0.306 e. The van der Waals surface area contributed by atoms with Gasteiger partial charge >= 0.3 is 5.97 Å². The van der Waals surface area contributed by atoms with Crippen LogP contribution in [-0.2, 0) is 14.3 Å². The van der Waals surface area contributed by atoms with E-state index in [-0.39, 0.29) is 24.9 Å². The van der Waals surface area contributed by atoms with Crippen LogP contribution in [-0.4, -0.2) is 46.9 Å². The highest BCUT2D eigenvalue weighted by molar-refractivity contribution is 5.77. The van der Waals surface area contributed by atoms with Crippen molar-refractivity contribution in [3.05, 3.63) is 109 Å². The van der Waals surface area contributed by atoms with E-state index in [1.165, 1.54) is 70.6 Å². The third-order valence-corrected chi connectivity index (χ3v) is 10.8. The van der Waals surface area contributed by atoms with Crippen LogP contribution in [0, 0.1) is 0 Å². The summed E-state index contributed by atoms with van der Waals surface area (Å²) in [5.41, 5.74) is 0. The van der Waals surface area contributed by atoms with Crippen molar-refractivity contribution in [2.45, 2.75) is 232 Å². The Labute approximate surface area is 388 Å². The number of nitrogens with one attached hydrogen (secondary N) is 1. The summed E-state index contributed by atoms with van der Waals surface area (Å²) in [6.45, 7) is 6.29. The van der Waals surface area contributed by atoms with Crippen LogP contribution in [0.15, 0.2) is 109 Å². The van der Waals surface area contributed by atoms with E-state index in [9.17, 15) is 19.8 Å². The zero-order valence-corrected chi connectivity index (χ0v) is 40.7. The van der Waals surface area contributed by atoms with Crippen LogP contribution >= 0.6 is 0 Å². The number of amides is 1. The molecule has 63 heavy (non-hydrogen) atoms. The second-order valence-electron chi connectivity index (χ2n) is 16.8. The highest BCUT2D eigenvalue weighted by Gasteiger charge is 2.24. The summed E-state index contributed by atoms with van der Waals surface area (Å²) in [4.78, 5) is 26.1. The molecule has 3 unspecified atom stereocenters. The van der Waals surface area contributed by atoms with Gasteiger partial charge in [0.05, 0.1) is 25.2 Å². The summed E-state index contributed by atoms with van der Waals surface area (Å²) in [6.07, 6.45) is 67.2. The molecule has 0 aromatic rings. The van der Waals surface area contributed by atoms with E-state index in [2.05, 4.69) is 135 Å². The first kappa shape index (κ1) is 59.5. The van der Waals surface area contributed by atoms with Gasteiger partial charge in [-0.1, -0.05) is 207 Å². The number of esters is 1. The van der Waals surface area contributed by atoms with Crippen molar-refractivity contribution in [2.24, 2.45) is 0 Å². The van der Waals surface area contributed by atoms with Crippen molar-refractivity contribution in [1.29, 1.82) is 0 Å². The molecule has 0 aromatic carbocycles. The third-order valence-electron chi connectivity index (χ3n) is 10.8. The molecular formula is C57H95NO5. The maximum absolute atomic E-state index is 13.2. The standard InChI is InChI=1S/C57H95NO5/c1-4-7-10-13-16-19-22-24-26-28-30-32-34-36-39-42-45-48-53(51-56(61)58-54(52-59)55(60)49-46-43-40-37-21-18-15-12-9-6-3)63-57(62)50-47-44-41-38-35-33-31-29-27-25-23-20-17-14-11-8-5-2/h8,11,16-17,19-20,24-27,30-33,36,38-39,41,53-55,59-60H,4-7,9-10,12-15,18,21-23,28-29,34-35,37,40,42-52H2,1-3H3,(H,58,61)/b11-8-,19-16-,20-17-,26-24-,27-25-,32-30-,33-31-,39-36-,41-38-. The number of rotatable bonds is 44. The van der Waals surface area contributed by atoms with Crippen molar-refractivity contribution in [1.82, 2.24) is 5.32 Å². The summed E-state index contributed by atoms with van der Waals surface area (Å²) in [6, 6.07) is -0.737. The average molecular weight is 874 g/mol. The fourth-order valence-corrected chi connectivity index (χ4v) is 6.98. The van der Waals surface area contributed by atoms with Gasteiger partial charge in [-0.15, -0.1) is 0 Å². The molecule has 0 radical (unpaired) electrons. The van der Waals surface area contributed by atoms with E-state index in [4.69, 9.17) is 4.74 Å². The molecule has 0 aliphatic rings. The molecule has 0 bridgehead atoms. The second kappa shape index (κ2) is 49.5. The van der Waals surface area contributed by atoms with Crippen molar-refractivity contribution in [3.8, 4) is 0 Å². The number of aliphatic hydroxyl groups excluding tert-OH is 2. The molecule has 6 nitrogen and oxygen atoms in total. The van der Waals surface area contributed by atoms with Crippen molar-refractivity contribution in [3.63, 3.8) is 0 Å². The Hall–Kier alpha value is -3.48. The van der Waals surface area contributed by atoms with Gasteiger partial charge in [0, 0.05) is 6.42 Å². The summed E-state index contributed by atoms with van der Waals surface area (Å²) < 4.78 is 5.87. The van der Waals surface area contributed by atoms with Crippen LogP contribution < -0.4 is 5.32 Å². The lowest BCUT2D eigenvalue weighted by Gasteiger charge is -2.24. The number of carbonyl (C=O) groups is 2. The Morgan fingerprint density at radius 1 is 0.476 bits per heavy atom. The monoisotopic (exact) mass is 874 g/mol. The van der Waals surface area contributed by atoms with E-state index >= 15 is 0 Å². The molecule has 0 rings (SSSR count). The molecule has 0 heterocycles. The lowest BCUT2D eigenvalue weighted by atomic mass is 10.0. The maximum atomic E-state index is 13.2. The van der Waals surface area contributed by atoms with Gasteiger partial charge in [-0.05, 0) is 103 Å². The minimum Gasteiger partial charge on any atom is -0.462 e. The van der Waals surface area contributed by atoms with Gasteiger partial charge in [0.25, 0.3) is 0 Å². The summed E-state index contributed by atoms with van der Waals surface area (Å²) in [5, 5.41) is 23.7. The maximum Gasteiger partial charge on any atom is 0.306 e. The summed E-state index contributed by atoms with van der Waals surface area (Å²) >= 11 is 0. The lowest BCUT2D eigenvalue weighted by molar-refractivity contribution is -0.151. The van der Waals surface area contributed by atoms with E-state index < -0.39 is 18.2 Å². The largest absolute Gasteiger partial charge is 0.462 e. The number of allylic oxidation sites excluding steroid dienone is 18. The Kier molecular flexibility index (Phi) is 46.8. The average Bonchev–Trinajstić information content (AvgIpc) is 3.28. The Bertz CT molecular complexity index is 1300. The number of hydrogen-bond donors (Lipinski definition) is 3. The molecule has 0 aromatic heterocycles. The van der Waals surface area contributed by atoms with Gasteiger partial charge < -0.3 is 20.3 Å². The SMILES string of the molecule is CC/C=C\C/C=C\C/C=C\C/C=C\C/C=C\CCCC(=O)OC(CCC/C=C\C/C=C\C/C=C\C/C=C\CCCCC)CC(=O)NC(CO)C(O)CCCCCCCCCCCC. The fraction of sp³-hybridized carbons (Fsp3) is 0.649. The minimum absolute atomic E-state index is 0.0105. The molecule has 3 N–H and O–H groups in total. The van der Waals surface area contributed by atoms with Crippen LogP contribution in [0.1, 0.15) is 213 Å². The van der Waals surface area contributed by atoms with Crippen molar-refractivity contribution in [2.75, 3.05) is 6.61 Å². The molecule has 0 saturated carbocycles. The first-order valence-corrected chi connectivity index (χ1v) is 25.6. The van der Waals surface area contributed by atoms with Gasteiger partial charge in [0.15, 0.2) is 0 Å². The summed E-state index contributed by atoms with van der Waals surface area (Å²) in [7, 11) is 0. The van der Waals surface area contributed by atoms with Gasteiger partial charge in [0.1, 0.15) is 6.10 Å². The molecule has 3 atom stereocenters. The van der Waals surface area contributed by atoms with Gasteiger partial charge in [-0.25, -0.2) is 0 Å². The minimum atomic E-state index is -0.817. The highest BCUT2D eigenvalue weighted by atomic mass is 16.5. The predicted octanol–water partition coefficient (Wildman–Crippen LogP) is 15.5. The highest BCUT2D eigenvalue weighted by Crippen LogP contribution is 2.16. The molecule has 358 valence electrons. The molecule has 0 saturated heterocycles. The number of carbonyl (C=O) groups excluding carboxylic acids is 2. The Morgan fingerprint density at radius 3 is 1.33 bits per heavy atom. The predicted molar refractivity (Wildman–Crippen MR) is 273 cm³/mol. The fourth-order valence-electron chi connectivity index (χ4n) is 6.98. The van der Waals surface area contributed by atoms with E-state index in [1.807, 2.05) is 0 Å². The van der Waals surface area contributed by atoms with E-state index in [0.717, 1.165) is 89.9 Å². The van der Waals surface area contributed by atoms with E-state index in [0.29, 0.717) is 25.7 Å². The third kappa shape index (κ3) is 44.9. The van der Waals surface area contributed by atoms with Crippen LogP contribution in [0.3, 0.4) is 0 Å². The zero-order chi connectivity index (χ0) is 45.9. The normalized spacial score (nSPS) is 14.2. The molecule has 0 aliphatic carbocycles. The van der Waals surface area contributed by atoms with Crippen LogP contribution in [0.2, 0.25) is 0 Å². The Balaban J connectivity index is 4.82. The number of unbranched alkanes of at least 4 members (excludes halogenated alkanes) is 14. The van der Waals surface area contributed by atoms with Crippen molar-refractivity contribution < 1.29 is 24.5 Å². The number of ether oxygens (including phenoxy) is 1. The number of aliphatic hydroxyl groups is 2. The topological polar surface area (TPSA) is 95.9 Å². The van der Waals surface area contributed by atoms with Crippen LogP contribution in [0.4, 0.5) is 0 Å². The summed E-state index contributed by atoms with van der Waals surface area (Å²) in [5.74, 6) is -0.608.